The molecule has 2 aromatic rings. The highest BCUT2D eigenvalue weighted by atomic mass is 16.4. The summed E-state index contributed by atoms with van der Waals surface area (Å²) < 4.78 is 1.70. The predicted molar refractivity (Wildman–Crippen MR) is 70.0 cm³/mol. The molecule has 3 N–H and O–H groups in total. The zero-order chi connectivity index (χ0) is 13.4. The first-order chi connectivity index (χ1) is 9.15. The Balaban J connectivity index is 1.87. The van der Waals surface area contributed by atoms with Crippen LogP contribution in [0.1, 0.15) is 12.8 Å². The highest BCUT2D eigenvalue weighted by molar-refractivity contribution is 5.70. The number of rotatable bonds is 2. The number of aliphatic carboxylic acids is 1. The molecule has 1 aliphatic heterocycles. The summed E-state index contributed by atoms with van der Waals surface area (Å²) in [4.78, 5) is 17.2. The van der Waals surface area contributed by atoms with E-state index in [1.165, 1.54) is 0 Å². The van der Waals surface area contributed by atoms with Gasteiger partial charge in [-0.1, -0.05) is 6.07 Å². The van der Waals surface area contributed by atoms with Crippen molar-refractivity contribution in [3.63, 3.8) is 0 Å². The molecule has 19 heavy (non-hydrogen) atoms. The predicted octanol–water partition coefficient (Wildman–Crippen LogP) is 0.612. The number of anilines is 2. The first-order valence-electron chi connectivity index (χ1n) is 6.24. The van der Waals surface area contributed by atoms with Gasteiger partial charge in [-0.2, -0.15) is 9.50 Å². The molecule has 1 aliphatic rings. The Morgan fingerprint density at radius 2 is 2.11 bits per heavy atom. The molecule has 0 radical (unpaired) electrons. The lowest BCUT2D eigenvalue weighted by molar-refractivity contribution is -0.142. The summed E-state index contributed by atoms with van der Waals surface area (Å²) in [5.74, 6) is 0.206. The second kappa shape index (κ2) is 4.42. The zero-order valence-corrected chi connectivity index (χ0v) is 10.4. The number of carboxylic acid groups (broad SMARTS) is 1. The van der Waals surface area contributed by atoms with E-state index < -0.39 is 5.97 Å². The molecule has 7 nitrogen and oxygen atoms in total. The van der Waals surface area contributed by atoms with Crippen LogP contribution >= 0.6 is 0 Å². The van der Waals surface area contributed by atoms with E-state index >= 15 is 0 Å². The van der Waals surface area contributed by atoms with Crippen molar-refractivity contribution in [2.45, 2.75) is 12.8 Å². The number of nitrogens with zero attached hydrogens (tertiary/aromatic N) is 4. The van der Waals surface area contributed by atoms with Crippen LogP contribution in [0.2, 0.25) is 0 Å². The van der Waals surface area contributed by atoms with Crippen LogP contribution in [0.25, 0.3) is 5.65 Å². The monoisotopic (exact) mass is 261 g/mol. The van der Waals surface area contributed by atoms with E-state index in [1.54, 1.807) is 4.52 Å². The second-order valence-electron chi connectivity index (χ2n) is 4.72. The molecule has 0 saturated carbocycles. The van der Waals surface area contributed by atoms with Crippen LogP contribution in [0.5, 0.6) is 0 Å². The molecule has 0 unspecified atom stereocenters. The maximum atomic E-state index is 11.0. The van der Waals surface area contributed by atoms with Crippen molar-refractivity contribution in [1.29, 1.82) is 0 Å². The largest absolute Gasteiger partial charge is 0.481 e. The van der Waals surface area contributed by atoms with Gasteiger partial charge in [-0.05, 0) is 25.0 Å². The van der Waals surface area contributed by atoms with Gasteiger partial charge in [0.15, 0.2) is 5.65 Å². The Kier molecular flexibility index (Phi) is 2.73. The van der Waals surface area contributed by atoms with Crippen molar-refractivity contribution in [2.24, 2.45) is 5.92 Å². The summed E-state index contributed by atoms with van der Waals surface area (Å²) in [7, 11) is 0. The van der Waals surface area contributed by atoms with Gasteiger partial charge in [0.2, 0.25) is 5.95 Å². The molecule has 0 amide bonds. The molecule has 3 heterocycles. The molecule has 0 bridgehead atoms. The summed E-state index contributed by atoms with van der Waals surface area (Å²) in [6.07, 6.45) is 1.30. The topological polar surface area (TPSA) is 96.8 Å². The lowest BCUT2D eigenvalue weighted by atomic mass is 9.97. The van der Waals surface area contributed by atoms with Crippen molar-refractivity contribution in [3.8, 4) is 0 Å². The Labute approximate surface area is 109 Å². The first-order valence-corrected chi connectivity index (χ1v) is 6.24. The van der Waals surface area contributed by atoms with Crippen LogP contribution in [-0.4, -0.2) is 38.8 Å². The Morgan fingerprint density at radius 1 is 1.37 bits per heavy atom. The molecule has 0 atom stereocenters. The number of hydrogen-bond donors (Lipinski definition) is 2. The number of aromatic nitrogens is 3. The number of carbonyl (C=O) groups is 1. The normalized spacial score (nSPS) is 16.9. The number of fused-ring (bicyclic) bond motifs is 1. The Hall–Kier alpha value is -2.31. The third-order valence-corrected chi connectivity index (χ3v) is 3.52. The molecule has 100 valence electrons. The Morgan fingerprint density at radius 3 is 2.79 bits per heavy atom. The van der Waals surface area contributed by atoms with Crippen LogP contribution < -0.4 is 10.6 Å². The quantitative estimate of drug-likeness (QED) is 0.822. The standard InChI is InChI=1S/C12H15N5O2/c13-12-14-9-2-1-3-10(17(9)15-12)16-6-4-8(5-7-16)11(18)19/h1-3,8H,4-7H2,(H2,13,15)(H,18,19). The van der Waals surface area contributed by atoms with Gasteiger partial charge in [0.1, 0.15) is 5.82 Å². The van der Waals surface area contributed by atoms with Crippen LogP contribution in [0.15, 0.2) is 18.2 Å². The maximum absolute atomic E-state index is 11.0. The van der Waals surface area contributed by atoms with E-state index in [9.17, 15) is 4.79 Å². The molecule has 1 saturated heterocycles. The molecule has 7 heteroatoms. The molecule has 0 spiro atoms. The van der Waals surface area contributed by atoms with Crippen LogP contribution in [-0.2, 0) is 4.79 Å². The fraction of sp³-hybridized carbons (Fsp3) is 0.417. The van der Waals surface area contributed by atoms with Gasteiger partial charge < -0.3 is 15.7 Å². The number of piperidine rings is 1. The second-order valence-corrected chi connectivity index (χ2v) is 4.72. The first kappa shape index (κ1) is 11.8. The Bertz CT molecular complexity index is 616. The highest BCUT2D eigenvalue weighted by Crippen LogP contribution is 2.23. The minimum Gasteiger partial charge on any atom is -0.481 e. The number of carboxylic acids is 1. The maximum Gasteiger partial charge on any atom is 0.306 e. The molecule has 3 rings (SSSR count). The van der Waals surface area contributed by atoms with Crippen molar-refractivity contribution < 1.29 is 9.90 Å². The van der Waals surface area contributed by atoms with Crippen molar-refractivity contribution >= 4 is 23.4 Å². The zero-order valence-electron chi connectivity index (χ0n) is 10.4. The van der Waals surface area contributed by atoms with Gasteiger partial charge in [-0.15, -0.1) is 5.10 Å². The molecule has 2 aromatic heterocycles. The third-order valence-electron chi connectivity index (χ3n) is 3.52. The summed E-state index contributed by atoms with van der Waals surface area (Å²) >= 11 is 0. The summed E-state index contributed by atoms with van der Waals surface area (Å²) in [5.41, 5.74) is 6.32. The minimum absolute atomic E-state index is 0.240. The van der Waals surface area contributed by atoms with E-state index in [0.29, 0.717) is 31.6 Å². The fourth-order valence-electron chi connectivity index (χ4n) is 2.50. The third kappa shape index (κ3) is 2.07. The van der Waals surface area contributed by atoms with Crippen molar-refractivity contribution in [2.75, 3.05) is 23.7 Å². The minimum atomic E-state index is -0.706. The number of nitrogens with two attached hydrogens (primary N) is 1. The van der Waals surface area contributed by atoms with Crippen molar-refractivity contribution in [3.05, 3.63) is 18.2 Å². The van der Waals surface area contributed by atoms with E-state index in [0.717, 1.165) is 5.82 Å². The van der Waals surface area contributed by atoms with Crippen LogP contribution in [0, 0.1) is 5.92 Å². The lowest BCUT2D eigenvalue weighted by Gasteiger charge is -2.31. The van der Waals surface area contributed by atoms with E-state index in [1.807, 2.05) is 18.2 Å². The molecule has 0 aromatic carbocycles. The average molecular weight is 261 g/mol. The van der Waals surface area contributed by atoms with Crippen LogP contribution in [0.4, 0.5) is 11.8 Å². The number of pyridine rings is 1. The van der Waals surface area contributed by atoms with Gasteiger partial charge in [0.05, 0.1) is 5.92 Å². The van der Waals surface area contributed by atoms with Gasteiger partial charge in [-0.25, -0.2) is 0 Å². The van der Waals surface area contributed by atoms with E-state index in [-0.39, 0.29) is 11.9 Å². The molecule has 0 aliphatic carbocycles. The summed E-state index contributed by atoms with van der Waals surface area (Å²) in [5, 5.41) is 13.2. The fourth-order valence-corrected chi connectivity index (χ4v) is 2.50. The van der Waals surface area contributed by atoms with Gasteiger partial charge in [0, 0.05) is 13.1 Å². The van der Waals surface area contributed by atoms with E-state index in [4.69, 9.17) is 10.8 Å². The molecular weight excluding hydrogens is 246 g/mol. The van der Waals surface area contributed by atoms with E-state index in [2.05, 4.69) is 15.0 Å². The highest BCUT2D eigenvalue weighted by Gasteiger charge is 2.25. The molecular formula is C12H15N5O2. The SMILES string of the molecule is Nc1nc2cccc(N3CCC(C(=O)O)CC3)n2n1. The van der Waals surface area contributed by atoms with Gasteiger partial charge in [-0.3, -0.25) is 4.79 Å². The lowest BCUT2D eigenvalue weighted by Crippen LogP contribution is -2.37. The number of nitrogen functional groups attached to an aromatic ring is 1. The summed E-state index contributed by atoms with van der Waals surface area (Å²) in [6, 6.07) is 5.70. The number of hydrogen-bond acceptors (Lipinski definition) is 5. The average Bonchev–Trinajstić information content (AvgIpc) is 2.78. The van der Waals surface area contributed by atoms with Gasteiger partial charge >= 0.3 is 5.97 Å². The van der Waals surface area contributed by atoms with Crippen LogP contribution in [0.3, 0.4) is 0 Å². The van der Waals surface area contributed by atoms with Gasteiger partial charge in [0.25, 0.3) is 0 Å². The smallest absolute Gasteiger partial charge is 0.306 e. The summed E-state index contributed by atoms with van der Waals surface area (Å²) in [6.45, 7) is 1.41. The molecule has 1 fully saturated rings. The van der Waals surface area contributed by atoms with Crippen molar-refractivity contribution in [1.82, 2.24) is 14.6 Å².